The monoisotopic (exact) mass is 425 g/mol. The Morgan fingerprint density at radius 1 is 1.10 bits per heavy atom. The number of urea groups is 1. The van der Waals surface area contributed by atoms with Gasteiger partial charge in [0.15, 0.2) is 0 Å². The summed E-state index contributed by atoms with van der Waals surface area (Å²) in [6.07, 6.45) is -2.52. The van der Waals surface area contributed by atoms with Crippen LogP contribution < -0.4 is 10.6 Å². The molecule has 156 valence electrons. The number of benzene rings is 1. The molecule has 0 aliphatic carbocycles. The summed E-state index contributed by atoms with van der Waals surface area (Å²) in [5.41, 5.74) is 0.700. The number of nitrogens with zero attached hydrogens (tertiary/aromatic N) is 1. The third kappa shape index (κ3) is 5.96. The maximum atomic E-state index is 12.6. The molecule has 1 saturated heterocycles. The van der Waals surface area contributed by atoms with Crippen molar-refractivity contribution >= 4 is 23.3 Å². The third-order valence-corrected chi connectivity index (χ3v) is 5.56. The van der Waals surface area contributed by atoms with Gasteiger partial charge in [0.1, 0.15) is 0 Å². The van der Waals surface area contributed by atoms with Crippen molar-refractivity contribution in [3.63, 3.8) is 0 Å². The number of rotatable bonds is 5. The number of carbonyl (C=O) groups excluding carboxylic acids is 2. The van der Waals surface area contributed by atoms with Crippen molar-refractivity contribution in [1.82, 2.24) is 15.5 Å². The van der Waals surface area contributed by atoms with Gasteiger partial charge in [-0.1, -0.05) is 12.1 Å². The first-order valence-corrected chi connectivity index (χ1v) is 10.3. The number of hydrogen-bond acceptors (Lipinski definition) is 3. The largest absolute Gasteiger partial charge is 0.416 e. The molecule has 0 bridgehead atoms. The molecule has 1 fully saturated rings. The zero-order chi connectivity index (χ0) is 20.9. The SMILES string of the molecule is O=C(NC1CCN(C(=O)NCCc2ccc(C(F)(F)F)cc2)CC1)c1ccsc1. The van der Waals surface area contributed by atoms with E-state index in [4.69, 9.17) is 0 Å². The van der Waals surface area contributed by atoms with E-state index >= 15 is 0 Å². The Hall–Kier alpha value is -2.55. The molecule has 1 aliphatic heterocycles. The Labute approximate surface area is 170 Å². The lowest BCUT2D eigenvalue weighted by Crippen LogP contribution is -2.49. The van der Waals surface area contributed by atoms with Crippen LogP contribution in [0.15, 0.2) is 41.1 Å². The summed E-state index contributed by atoms with van der Waals surface area (Å²) in [5, 5.41) is 9.45. The first-order chi connectivity index (χ1) is 13.8. The summed E-state index contributed by atoms with van der Waals surface area (Å²) < 4.78 is 37.7. The molecule has 0 radical (unpaired) electrons. The minimum absolute atomic E-state index is 0.0404. The summed E-state index contributed by atoms with van der Waals surface area (Å²) in [5.74, 6) is -0.0920. The zero-order valence-corrected chi connectivity index (χ0v) is 16.5. The van der Waals surface area contributed by atoms with Crippen LogP contribution in [0, 0.1) is 0 Å². The van der Waals surface area contributed by atoms with Crippen molar-refractivity contribution in [3.05, 3.63) is 57.8 Å². The summed E-state index contributed by atoms with van der Waals surface area (Å²) >= 11 is 1.47. The van der Waals surface area contributed by atoms with Crippen molar-refractivity contribution in [1.29, 1.82) is 0 Å². The minimum Gasteiger partial charge on any atom is -0.349 e. The second-order valence-corrected chi connectivity index (χ2v) is 7.70. The highest BCUT2D eigenvalue weighted by atomic mass is 32.1. The van der Waals surface area contributed by atoms with E-state index in [1.807, 2.05) is 5.38 Å². The van der Waals surface area contributed by atoms with Crippen molar-refractivity contribution in [3.8, 4) is 0 Å². The van der Waals surface area contributed by atoms with Gasteiger partial charge in [-0.3, -0.25) is 4.79 Å². The van der Waals surface area contributed by atoms with E-state index in [0.717, 1.165) is 17.7 Å². The van der Waals surface area contributed by atoms with E-state index < -0.39 is 11.7 Å². The Balaban J connectivity index is 1.37. The summed E-state index contributed by atoms with van der Waals surface area (Å²) in [4.78, 5) is 26.0. The molecule has 1 aromatic heterocycles. The molecule has 5 nitrogen and oxygen atoms in total. The van der Waals surface area contributed by atoms with Crippen LogP contribution in [0.2, 0.25) is 0 Å². The molecule has 1 aliphatic rings. The maximum Gasteiger partial charge on any atom is 0.416 e. The lowest BCUT2D eigenvalue weighted by molar-refractivity contribution is -0.137. The highest BCUT2D eigenvalue weighted by molar-refractivity contribution is 7.08. The van der Waals surface area contributed by atoms with Crippen LogP contribution in [0.25, 0.3) is 0 Å². The molecule has 0 spiro atoms. The Morgan fingerprint density at radius 2 is 1.79 bits per heavy atom. The fourth-order valence-corrected chi connectivity index (χ4v) is 3.81. The molecule has 2 N–H and O–H groups in total. The number of carbonyl (C=O) groups is 2. The first-order valence-electron chi connectivity index (χ1n) is 9.35. The maximum absolute atomic E-state index is 12.6. The van der Waals surface area contributed by atoms with Gasteiger partial charge in [0.25, 0.3) is 5.91 Å². The lowest BCUT2D eigenvalue weighted by atomic mass is 10.0. The lowest BCUT2D eigenvalue weighted by Gasteiger charge is -2.32. The van der Waals surface area contributed by atoms with E-state index in [-0.39, 0.29) is 18.0 Å². The van der Waals surface area contributed by atoms with Crippen LogP contribution in [-0.2, 0) is 12.6 Å². The fraction of sp³-hybridized carbons (Fsp3) is 0.400. The molecule has 0 atom stereocenters. The van der Waals surface area contributed by atoms with Crippen molar-refractivity contribution in [2.45, 2.75) is 31.5 Å². The van der Waals surface area contributed by atoms with Gasteiger partial charge in [0, 0.05) is 36.6 Å². The molecular weight excluding hydrogens is 403 g/mol. The topological polar surface area (TPSA) is 61.4 Å². The average molecular weight is 425 g/mol. The predicted molar refractivity (Wildman–Crippen MR) is 105 cm³/mol. The molecule has 29 heavy (non-hydrogen) atoms. The Morgan fingerprint density at radius 3 is 2.38 bits per heavy atom. The molecule has 2 aromatic rings. The van der Waals surface area contributed by atoms with Crippen LogP contribution in [0.3, 0.4) is 0 Å². The molecule has 3 amide bonds. The number of thiophene rings is 1. The van der Waals surface area contributed by atoms with Gasteiger partial charge < -0.3 is 15.5 Å². The van der Waals surface area contributed by atoms with Gasteiger partial charge in [-0.15, -0.1) is 0 Å². The van der Waals surface area contributed by atoms with Gasteiger partial charge in [-0.2, -0.15) is 24.5 Å². The first kappa shape index (κ1) is 21.2. The van der Waals surface area contributed by atoms with E-state index in [1.54, 1.807) is 16.3 Å². The van der Waals surface area contributed by atoms with Crippen molar-refractivity contribution in [2.24, 2.45) is 0 Å². The number of nitrogens with one attached hydrogen (secondary N) is 2. The van der Waals surface area contributed by atoms with E-state index in [9.17, 15) is 22.8 Å². The highest BCUT2D eigenvalue weighted by Crippen LogP contribution is 2.29. The van der Waals surface area contributed by atoms with Gasteiger partial charge in [-0.25, -0.2) is 4.79 Å². The smallest absolute Gasteiger partial charge is 0.349 e. The second kappa shape index (κ2) is 9.30. The van der Waals surface area contributed by atoms with Crippen molar-refractivity contribution in [2.75, 3.05) is 19.6 Å². The molecule has 0 saturated carbocycles. The fourth-order valence-electron chi connectivity index (χ4n) is 3.18. The normalized spacial score (nSPS) is 15.2. The predicted octanol–water partition coefficient (Wildman–Crippen LogP) is 3.91. The number of halogens is 3. The summed E-state index contributed by atoms with van der Waals surface area (Å²) in [6.45, 7) is 1.43. The van der Waals surface area contributed by atoms with Crippen LogP contribution in [0.5, 0.6) is 0 Å². The van der Waals surface area contributed by atoms with Crippen LogP contribution in [0.1, 0.15) is 34.3 Å². The van der Waals surface area contributed by atoms with Gasteiger partial charge in [0.2, 0.25) is 0 Å². The molecule has 1 aromatic carbocycles. The quantitative estimate of drug-likeness (QED) is 0.763. The molecule has 3 rings (SSSR count). The van der Waals surface area contributed by atoms with Crippen molar-refractivity contribution < 1.29 is 22.8 Å². The Kier molecular flexibility index (Phi) is 6.79. The zero-order valence-electron chi connectivity index (χ0n) is 15.7. The van der Waals surface area contributed by atoms with Crippen LogP contribution >= 0.6 is 11.3 Å². The molecular formula is C20H22F3N3O2S. The van der Waals surface area contributed by atoms with Crippen LogP contribution in [-0.4, -0.2) is 42.5 Å². The van der Waals surface area contributed by atoms with E-state index in [2.05, 4.69) is 10.6 Å². The standard InChI is InChI=1S/C20H22F3N3O2S/c21-20(22,23)16-3-1-14(2-4-16)5-9-24-19(28)26-10-6-17(7-11-26)25-18(27)15-8-12-29-13-15/h1-4,8,12-13,17H,5-7,9-11H2,(H,24,28)(H,25,27). The van der Waals surface area contributed by atoms with Gasteiger partial charge in [0.05, 0.1) is 5.56 Å². The van der Waals surface area contributed by atoms with Gasteiger partial charge >= 0.3 is 12.2 Å². The number of piperidine rings is 1. The molecule has 9 heteroatoms. The average Bonchev–Trinajstić information content (AvgIpc) is 3.23. The van der Waals surface area contributed by atoms with E-state index in [0.29, 0.717) is 44.5 Å². The number of hydrogen-bond donors (Lipinski definition) is 2. The highest BCUT2D eigenvalue weighted by Gasteiger charge is 2.30. The number of amides is 3. The summed E-state index contributed by atoms with van der Waals surface area (Å²) in [7, 11) is 0. The second-order valence-electron chi connectivity index (χ2n) is 6.92. The van der Waals surface area contributed by atoms with E-state index in [1.165, 1.54) is 23.5 Å². The number of alkyl halides is 3. The molecule has 2 heterocycles. The minimum atomic E-state index is -4.35. The van der Waals surface area contributed by atoms with Crippen LogP contribution in [0.4, 0.5) is 18.0 Å². The summed E-state index contributed by atoms with van der Waals surface area (Å²) in [6, 6.07) is 6.57. The Bertz CT molecular complexity index is 814. The number of likely N-dealkylation sites (tertiary alicyclic amines) is 1. The van der Waals surface area contributed by atoms with Gasteiger partial charge in [-0.05, 0) is 48.4 Å². The molecule has 0 unspecified atom stereocenters. The third-order valence-electron chi connectivity index (χ3n) is 4.87.